The van der Waals surface area contributed by atoms with Crippen LogP contribution in [0.3, 0.4) is 0 Å². The summed E-state index contributed by atoms with van der Waals surface area (Å²) in [5.74, 6) is -0.236. The number of carbonyl (C=O) groups is 2. The maximum atomic E-state index is 11.7. The molecule has 3 N–H and O–H groups in total. The topological polar surface area (TPSA) is 75.4 Å². The lowest BCUT2D eigenvalue weighted by Gasteiger charge is -2.17. The molecule has 1 rings (SSSR count). The highest BCUT2D eigenvalue weighted by Gasteiger charge is 2.16. The van der Waals surface area contributed by atoms with E-state index < -0.39 is 6.04 Å². The number of nitrogen functional groups attached to an aromatic ring is 1. The van der Waals surface area contributed by atoms with Gasteiger partial charge in [-0.2, -0.15) is 0 Å². The average Bonchev–Trinajstić information content (AvgIpc) is 2.37. The number of carbonyl (C=O) groups excluding carboxylic acids is 2. The van der Waals surface area contributed by atoms with Crippen LogP contribution in [0.2, 0.25) is 0 Å². The lowest BCUT2D eigenvalue weighted by atomic mass is 10.1. The van der Waals surface area contributed by atoms with Gasteiger partial charge in [0.1, 0.15) is 6.04 Å². The molecule has 0 saturated carbocycles. The normalized spacial score (nSPS) is 11.7. The van der Waals surface area contributed by atoms with Crippen LogP contribution in [-0.4, -0.2) is 36.9 Å². The summed E-state index contributed by atoms with van der Waals surface area (Å²) in [6, 6.07) is 6.93. The molecule has 0 heterocycles. The second kappa shape index (κ2) is 6.78. The van der Waals surface area contributed by atoms with Crippen molar-refractivity contribution >= 4 is 17.5 Å². The molecule has 1 atom stereocenters. The van der Waals surface area contributed by atoms with Gasteiger partial charge in [0.15, 0.2) is 0 Å². The zero-order valence-corrected chi connectivity index (χ0v) is 11.6. The minimum absolute atomic E-state index is 0.110. The molecule has 5 nitrogen and oxygen atoms in total. The molecule has 19 heavy (non-hydrogen) atoms. The molecule has 2 amide bonds. The van der Waals surface area contributed by atoms with Crippen LogP contribution >= 0.6 is 0 Å². The molecule has 5 heteroatoms. The molecule has 104 valence electrons. The van der Waals surface area contributed by atoms with Crippen molar-refractivity contribution in [3.8, 4) is 0 Å². The van der Waals surface area contributed by atoms with Crippen LogP contribution in [0.25, 0.3) is 0 Å². The van der Waals surface area contributed by atoms with Crippen LogP contribution in [0, 0.1) is 0 Å². The lowest BCUT2D eigenvalue weighted by molar-refractivity contribution is -0.133. The van der Waals surface area contributed by atoms with E-state index in [-0.39, 0.29) is 11.8 Å². The summed E-state index contributed by atoms with van der Waals surface area (Å²) < 4.78 is 0. The van der Waals surface area contributed by atoms with Crippen molar-refractivity contribution in [2.45, 2.75) is 25.8 Å². The molecule has 0 aliphatic carbocycles. The Hall–Kier alpha value is -2.04. The molecular formula is C14H21N3O2. The number of likely N-dealkylation sites (N-methyl/N-ethyl adjacent to an activating group) is 1. The minimum Gasteiger partial charge on any atom is -0.399 e. The molecule has 0 spiro atoms. The third kappa shape index (κ3) is 4.99. The van der Waals surface area contributed by atoms with Crippen LogP contribution in [0.15, 0.2) is 24.3 Å². The molecule has 0 fully saturated rings. The van der Waals surface area contributed by atoms with Crippen molar-refractivity contribution in [1.29, 1.82) is 0 Å². The highest BCUT2D eigenvalue weighted by atomic mass is 16.2. The summed E-state index contributed by atoms with van der Waals surface area (Å²) in [6.07, 6.45) is 0.990. The average molecular weight is 263 g/mol. The number of nitrogens with one attached hydrogen (secondary N) is 1. The van der Waals surface area contributed by atoms with E-state index in [0.717, 1.165) is 5.56 Å². The maximum Gasteiger partial charge on any atom is 0.244 e. The Morgan fingerprint density at radius 3 is 2.37 bits per heavy atom. The van der Waals surface area contributed by atoms with Gasteiger partial charge in [-0.3, -0.25) is 9.59 Å². The Labute approximate surface area is 113 Å². The summed E-state index contributed by atoms with van der Waals surface area (Å²) >= 11 is 0. The Morgan fingerprint density at radius 2 is 1.84 bits per heavy atom. The first-order chi connectivity index (χ1) is 8.90. The van der Waals surface area contributed by atoms with Crippen molar-refractivity contribution in [2.24, 2.45) is 0 Å². The molecule has 0 aromatic heterocycles. The Kier molecular flexibility index (Phi) is 5.36. The third-order valence-corrected chi connectivity index (χ3v) is 2.81. The fraction of sp³-hybridized carbons (Fsp3) is 0.429. The zero-order chi connectivity index (χ0) is 14.4. The van der Waals surface area contributed by atoms with Gasteiger partial charge in [0.2, 0.25) is 11.8 Å². The van der Waals surface area contributed by atoms with Gasteiger partial charge in [0.25, 0.3) is 0 Å². The minimum atomic E-state index is -0.492. The fourth-order valence-electron chi connectivity index (χ4n) is 1.70. The summed E-state index contributed by atoms with van der Waals surface area (Å²) in [6.45, 7) is 1.68. The number of anilines is 1. The second-order valence-corrected chi connectivity index (χ2v) is 4.76. The van der Waals surface area contributed by atoms with Gasteiger partial charge in [-0.05, 0) is 31.0 Å². The van der Waals surface area contributed by atoms with E-state index in [1.807, 2.05) is 24.3 Å². The van der Waals surface area contributed by atoms with Crippen LogP contribution in [0.1, 0.15) is 18.9 Å². The van der Waals surface area contributed by atoms with Crippen LogP contribution in [0.5, 0.6) is 0 Å². The first-order valence-corrected chi connectivity index (χ1v) is 6.25. The molecule has 0 radical (unpaired) electrons. The smallest absolute Gasteiger partial charge is 0.244 e. The number of rotatable bonds is 5. The van der Waals surface area contributed by atoms with Gasteiger partial charge in [0, 0.05) is 26.2 Å². The number of hydrogen-bond acceptors (Lipinski definition) is 3. The monoisotopic (exact) mass is 263 g/mol. The Morgan fingerprint density at radius 1 is 1.26 bits per heavy atom. The molecule has 1 unspecified atom stereocenters. The SMILES string of the molecule is CC(NC(=O)CCc1ccc(N)cc1)C(=O)N(C)C. The summed E-state index contributed by atoms with van der Waals surface area (Å²) in [5.41, 5.74) is 7.35. The van der Waals surface area contributed by atoms with Gasteiger partial charge >= 0.3 is 0 Å². The van der Waals surface area contributed by atoms with E-state index in [1.165, 1.54) is 4.90 Å². The summed E-state index contributed by atoms with van der Waals surface area (Å²) in [5, 5.41) is 2.69. The van der Waals surface area contributed by atoms with Crippen LogP contribution in [-0.2, 0) is 16.0 Å². The third-order valence-electron chi connectivity index (χ3n) is 2.81. The van der Waals surface area contributed by atoms with Crippen molar-refractivity contribution in [2.75, 3.05) is 19.8 Å². The molecule has 0 aliphatic rings. The van der Waals surface area contributed by atoms with E-state index in [1.54, 1.807) is 21.0 Å². The predicted octanol–water partition coefficient (Wildman–Crippen LogP) is 0.794. The van der Waals surface area contributed by atoms with Gasteiger partial charge in [-0.1, -0.05) is 12.1 Å². The number of aryl methyl sites for hydroxylation is 1. The second-order valence-electron chi connectivity index (χ2n) is 4.76. The predicted molar refractivity (Wildman–Crippen MR) is 75.5 cm³/mol. The lowest BCUT2D eigenvalue weighted by Crippen LogP contribution is -2.44. The van der Waals surface area contributed by atoms with Gasteiger partial charge in [0.05, 0.1) is 0 Å². The first-order valence-electron chi connectivity index (χ1n) is 6.25. The Bertz CT molecular complexity index is 441. The maximum absolute atomic E-state index is 11.7. The fourth-order valence-corrected chi connectivity index (χ4v) is 1.70. The molecule has 0 aliphatic heterocycles. The molecular weight excluding hydrogens is 242 g/mol. The van der Waals surface area contributed by atoms with Crippen LogP contribution in [0.4, 0.5) is 5.69 Å². The highest BCUT2D eigenvalue weighted by Crippen LogP contribution is 2.07. The molecule has 0 saturated heterocycles. The van der Waals surface area contributed by atoms with Gasteiger partial charge < -0.3 is 16.0 Å². The number of benzene rings is 1. The van der Waals surface area contributed by atoms with E-state index in [2.05, 4.69) is 5.32 Å². The van der Waals surface area contributed by atoms with Gasteiger partial charge in [-0.25, -0.2) is 0 Å². The number of amides is 2. The van der Waals surface area contributed by atoms with Crippen molar-refractivity contribution in [3.05, 3.63) is 29.8 Å². The van der Waals surface area contributed by atoms with E-state index in [9.17, 15) is 9.59 Å². The zero-order valence-electron chi connectivity index (χ0n) is 11.6. The van der Waals surface area contributed by atoms with E-state index in [0.29, 0.717) is 18.5 Å². The van der Waals surface area contributed by atoms with E-state index in [4.69, 9.17) is 5.73 Å². The van der Waals surface area contributed by atoms with Crippen LogP contribution < -0.4 is 11.1 Å². The first kappa shape index (κ1) is 15.0. The van der Waals surface area contributed by atoms with Crippen molar-refractivity contribution < 1.29 is 9.59 Å². The molecule has 1 aromatic carbocycles. The van der Waals surface area contributed by atoms with Crippen molar-refractivity contribution in [1.82, 2.24) is 10.2 Å². The number of nitrogens with two attached hydrogens (primary N) is 1. The Balaban J connectivity index is 2.39. The highest BCUT2D eigenvalue weighted by molar-refractivity contribution is 5.87. The van der Waals surface area contributed by atoms with E-state index >= 15 is 0 Å². The quantitative estimate of drug-likeness (QED) is 0.771. The molecule has 0 bridgehead atoms. The number of nitrogens with zero attached hydrogens (tertiary/aromatic N) is 1. The van der Waals surface area contributed by atoms with Gasteiger partial charge in [-0.15, -0.1) is 0 Å². The largest absolute Gasteiger partial charge is 0.399 e. The summed E-state index contributed by atoms with van der Waals surface area (Å²) in [7, 11) is 3.33. The standard InChI is InChI=1S/C14H21N3O2/c1-10(14(19)17(2)3)16-13(18)9-6-11-4-7-12(15)8-5-11/h4-5,7-8,10H,6,9,15H2,1-3H3,(H,16,18). The number of hydrogen-bond donors (Lipinski definition) is 2. The molecule has 1 aromatic rings. The summed E-state index contributed by atoms with van der Waals surface area (Å²) in [4.78, 5) is 24.8. The van der Waals surface area contributed by atoms with Crippen molar-refractivity contribution in [3.63, 3.8) is 0 Å².